The van der Waals surface area contributed by atoms with Gasteiger partial charge in [-0.05, 0) is 34.7 Å². The van der Waals surface area contributed by atoms with E-state index in [9.17, 15) is 0 Å². The largest absolute Gasteiger partial charge is 0.399 e. The summed E-state index contributed by atoms with van der Waals surface area (Å²) < 4.78 is 0. The van der Waals surface area contributed by atoms with Crippen LogP contribution in [0.25, 0.3) is 11.1 Å². The number of anilines is 1. The maximum Gasteiger partial charge on any atom is 0.110 e. The van der Waals surface area contributed by atoms with Gasteiger partial charge in [0.2, 0.25) is 0 Å². The number of rotatable bonds is 1. The molecule has 2 rings (SSSR count). The van der Waals surface area contributed by atoms with Crippen LogP contribution in [0, 0.1) is 11.3 Å². The van der Waals surface area contributed by atoms with E-state index < -0.39 is 0 Å². The third-order valence-electron chi connectivity index (χ3n) is 1.93. The standard InChI is InChI=1S/C11H8N2S/c12-6-11-5-9(7-14-11)8-2-1-3-10(13)4-8/h1-5,7H,13H2. The Labute approximate surface area is 86.2 Å². The Morgan fingerprint density at radius 2 is 2.07 bits per heavy atom. The molecule has 0 aliphatic heterocycles. The second-order valence-electron chi connectivity index (χ2n) is 2.94. The third-order valence-corrected chi connectivity index (χ3v) is 2.76. The Hall–Kier alpha value is -1.79. The fraction of sp³-hybridized carbons (Fsp3) is 0. The molecule has 0 saturated carbocycles. The van der Waals surface area contributed by atoms with Gasteiger partial charge in [-0.25, -0.2) is 0 Å². The predicted octanol–water partition coefficient (Wildman–Crippen LogP) is 2.87. The Kier molecular flexibility index (Phi) is 2.21. The van der Waals surface area contributed by atoms with Crippen LogP contribution in [0.2, 0.25) is 0 Å². The molecule has 0 spiro atoms. The van der Waals surface area contributed by atoms with Crippen molar-refractivity contribution in [3.63, 3.8) is 0 Å². The fourth-order valence-corrected chi connectivity index (χ4v) is 1.97. The number of hydrogen-bond acceptors (Lipinski definition) is 3. The monoisotopic (exact) mass is 200 g/mol. The van der Waals surface area contributed by atoms with Gasteiger partial charge in [0.05, 0.1) is 0 Å². The van der Waals surface area contributed by atoms with E-state index >= 15 is 0 Å². The summed E-state index contributed by atoms with van der Waals surface area (Å²) >= 11 is 1.45. The third kappa shape index (κ3) is 1.61. The Morgan fingerprint density at radius 3 is 2.71 bits per heavy atom. The maximum atomic E-state index is 8.69. The summed E-state index contributed by atoms with van der Waals surface area (Å²) in [5, 5.41) is 10.7. The first-order valence-electron chi connectivity index (χ1n) is 4.14. The number of hydrogen-bond donors (Lipinski definition) is 1. The molecule has 14 heavy (non-hydrogen) atoms. The van der Waals surface area contributed by atoms with Crippen molar-refractivity contribution in [3.05, 3.63) is 40.6 Å². The molecule has 0 saturated heterocycles. The highest BCUT2D eigenvalue weighted by molar-refractivity contribution is 7.10. The van der Waals surface area contributed by atoms with Crippen molar-refractivity contribution in [2.24, 2.45) is 0 Å². The number of thiophene rings is 1. The summed E-state index contributed by atoms with van der Waals surface area (Å²) in [5.74, 6) is 0. The summed E-state index contributed by atoms with van der Waals surface area (Å²) in [5.41, 5.74) is 8.53. The molecule has 0 amide bonds. The fourth-order valence-electron chi connectivity index (χ4n) is 1.26. The van der Waals surface area contributed by atoms with Crippen molar-refractivity contribution in [1.29, 1.82) is 5.26 Å². The minimum atomic E-state index is 0.724. The van der Waals surface area contributed by atoms with Crippen molar-refractivity contribution >= 4 is 17.0 Å². The van der Waals surface area contributed by atoms with Gasteiger partial charge < -0.3 is 5.73 Å². The highest BCUT2D eigenvalue weighted by Gasteiger charge is 2.01. The Balaban J connectivity index is 2.45. The van der Waals surface area contributed by atoms with E-state index in [2.05, 4.69) is 6.07 Å². The summed E-state index contributed by atoms with van der Waals surface area (Å²) in [6, 6.07) is 11.6. The smallest absolute Gasteiger partial charge is 0.110 e. The molecular weight excluding hydrogens is 192 g/mol. The molecule has 1 aromatic heterocycles. The van der Waals surface area contributed by atoms with Gasteiger partial charge in [-0.3, -0.25) is 0 Å². The van der Waals surface area contributed by atoms with Gasteiger partial charge in [-0.2, -0.15) is 5.26 Å². The normalized spacial score (nSPS) is 9.64. The molecule has 1 heterocycles. The maximum absolute atomic E-state index is 8.69. The minimum Gasteiger partial charge on any atom is -0.399 e. The second kappa shape index (κ2) is 3.52. The number of benzene rings is 1. The zero-order chi connectivity index (χ0) is 9.97. The van der Waals surface area contributed by atoms with Crippen LogP contribution in [-0.2, 0) is 0 Å². The van der Waals surface area contributed by atoms with Crippen LogP contribution in [0.1, 0.15) is 4.88 Å². The molecule has 2 N–H and O–H groups in total. The first kappa shape index (κ1) is 8.79. The molecule has 0 atom stereocenters. The number of nitrogens with zero attached hydrogens (tertiary/aromatic N) is 1. The average Bonchev–Trinajstić information content (AvgIpc) is 2.66. The van der Waals surface area contributed by atoms with Crippen molar-refractivity contribution in [2.75, 3.05) is 5.73 Å². The van der Waals surface area contributed by atoms with Crippen molar-refractivity contribution in [3.8, 4) is 17.2 Å². The van der Waals surface area contributed by atoms with E-state index in [0.717, 1.165) is 21.7 Å². The average molecular weight is 200 g/mol. The van der Waals surface area contributed by atoms with Gasteiger partial charge in [0.1, 0.15) is 10.9 Å². The molecule has 0 bridgehead atoms. The zero-order valence-corrected chi connectivity index (χ0v) is 8.21. The van der Waals surface area contributed by atoms with Gasteiger partial charge in [0, 0.05) is 5.69 Å². The topological polar surface area (TPSA) is 49.8 Å². The number of nitrogens with two attached hydrogens (primary N) is 1. The van der Waals surface area contributed by atoms with Crippen molar-refractivity contribution in [1.82, 2.24) is 0 Å². The van der Waals surface area contributed by atoms with Gasteiger partial charge in [0.25, 0.3) is 0 Å². The first-order valence-corrected chi connectivity index (χ1v) is 5.02. The summed E-state index contributed by atoms with van der Waals surface area (Å²) in [4.78, 5) is 0.724. The molecule has 3 heteroatoms. The van der Waals surface area contributed by atoms with Gasteiger partial charge in [0.15, 0.2) is 0 Å². The molecule has 68 valence electrons. The number of nitrogen functional groups attached to an aromatic ring is 1. The molecule has 1 aromatic carbocycles. The van der Waals surface area contributed by atoms with Gasteiger partial charge in [-0.1, -0.05) is 12.1 Å². The molecule has 0 fully saturated rings. The molecule has 0 radical (unpaired) electrons. The molecule has 2 nitrogen and oxygen atoms in total. The van der Waals surface area contributed by atoms with Crippen LogP contribution in [0.3, 0.4) is 0 Å². The first-order chi connectivity index (χ1) is 6.79. The SMILES string of the molecule is N#Cc1cc(-c2cccc(N)c2)cs1. The van der Waals surface area contributed by atoms with Gasteiger partial charge in [-0.15, -0.1) is 11.3 Å². The van der Waals surface area contributed by atoms with Crippen LogP contribution in [-0.4, -0.2) is 0 Å². The molecule has 0 aliphatic carbocycles. The Morgan fingerprint density at radius 1 is 1.21 bits per heavy atom. The lowest BCUT2D eigenvalue weighted by Gasteiger charge is -1.98. The van der Waals surface area contributed by atoms with E-state index in [4.69, 9.17) is 11.0 Å². The summed E-state index contributed by atoms with van der Waals surface area (Å²) in [7, 11) is 0. The van der Waals surface area contributed by atoms with E-state index in [1.54, 1.807) is 0 Å². The highest BCUT2D eigenvalue weighted by Crippen LogP contribution is 2.26. The Bertz CT molecular complexity index is 494. The second-order valence-corrected chi connectivity index (χ2v) is 3.85. The van der Waals surface area contributed by atoms with Crippen LogP contribution < -0.4 is 5.73 Å². The molecular formula is C11H8N2S. The predicted molar refractivity (Wildman–Crippen MR) is 58.9 cm³/mol. The van der Waals surface area contributed by atoms with Crippen LogP contribution >= 0.6 is 11.3 Å². The zero-order valence-electron chi connectivity index (χ0n) is 7.40. The molecule has 0 unspecified atom stereocenters. The summed E-state index contributed by atoms with van der Waals surface area (Å²) in [6.45, 7) is 0. The minimum absolute atomic E-state index is 0.724. The number of nitriles is 1. The van der Waals surface area contributed by atoms with Crippen molar-refractivity contribution < 1.29 is 0 Å². The van der Waals surface area contributed by atoms with Crippen LogP contribution in [0.5, 0.6) is 0 Å². The molecule has 2 aromatic rings. The summed E-state index contributed by atoms with van der Waals surface area (Å²) in [6.07, 6.45) is 0. The van der Waals surface area contributed by atoms with Crippen molar-refractivity contribution in [2.45, 2.75) is 0 Å². The van der Waals surface area contributed by atoms with E-state index in [0.29, 0.717) is 0 Å². The van der Waals surface area contributed by atoms with E-state index in [1.807, 2.05) is 35.7 Å². The lowest BCUT2D eigenvalue weighted by Crippen LogP contribution is -1.83. The van der Waals surface area contributed by atoms with Crippen LogP contribution in [0.4, 0.5) is 5.69 Å². The highest BCUT2D eigenvalue weighted by atomic mass is 32.1. The van der Waals surface area contributed by atoms with E-state index in [1.165, 1.54) is 11.3 Å². The van der Waals surface area contributed by atoms with E-state index in [-0.39, 0.29) is 0 Å². The lowest BCUT2D eigenvalue weighted by atomic mass is 10.1. The quantitative estimate of drug-likeness (QED) is 0.719. The van der Waals surface area contributed by atoms with Crippen LogP contribution in [0.15, 0.2) is 35.7 Å². The lowest BCUT2D eigenvalue weighted by molar-refractivity contribution is 1.52. The van der Waals surface area contributed by atoms with Gasteiger partial charge >= 0.3 is 0 Å². The molecule has 0 aliphatic rings.